The van der Waals surface area contributed by atoms with Gasteiger partial charge in [0.1, 0.15) is 0 Å². The summed E-state index contributed by atoms with van der Waals surface area (Å²) in [5.74, 6) is -1.55. The molecule has 1 aromatic carbocycles. The maximum atomic E-state index is 10.8. The van der Waals surface area contributed by atoms with E-state index in [0.717, 1.165) is 11.1 Å². The lowest BCUT2D eigenvalue weighted by atomic mass is 9.97. The highest BCUT2D eigenvalue weighted by Gasteiger charge is 2.17. The van der Waals surface area contributed by atoms with Gasteiger partial charge in [-0.2, -0.15) is 0 Å². The van der Waals surface area contributed by atoms with Gasteiger partial charge in [-0.05, 0) is 11.6 Å². The molecule has 20 heavy (non-hydrogen) atoms. The minimum Gasteiger partial charge on any atom is -0.478 e. The minimum absolute atomic E-state index is 0.140. The highest BCUT2D eigenvalue weighted by atomic mass is 16.6. The minimum atomic E-state index is -1.12. The van der Waals surface area contributed by atoms with Gasteiger partial charge >= 0.3 is 5.97 Å². The molecule has 1 atom stereocenters. The summed E-state index contributed by atoms with van der Waals surface area (Å²) in [5.41, 5.74) is 0.686. The van der Waals surface area contributed by atoms with Gasteiger partial charge in [0.25, 0.3) is 5.69 Å². The van der Waals surface area contributed by atoms with Crippen molar-refractivity contribution in [3.8, 4) is 0 Å². The molecule has 0 bridgehead atoms. The van der Waals surface area contributed by atoms with Gasteiger partial charge in [-0.15, -0.1) is 4.91 Å². The molecule has 1 aromatic rings. The summed E-state index contributed by atoms with van der Waals surface area (Å²) in [6.45, 7) is 1.67. The van der Waals surface area contributed by atoms with E-state index < -0.39 is 16.8 Å². The fourth-order valence-electron chi connectivity index (χ4n) is 1.69. The topological polar surface area (TPSA) is 113 Å². The molecule has 1 rings (SSSR count). The molecule has 0 aliphatic heterocycles. The Morgan fingerprint density at radius 2 is 2.20 bits per heavy atom. The Kier molecular flexibility index (Phi) is 4.90. The number of carboxylic acids is 1. The van der Waals surface area contributed by atoms with E-state index in [1.54, 1.807) is 6.92 Å². The number of nitroso groups, excluding NO2 is 1. The first-order valence-corrected chi connectivity index (χ1v) is 5.63. The molecule has 106 valence electrons. The zero-order chi connectivity index (χ0) is 15.3. The number of non-ortho nitro benzene ring substituents is 1. The van der Waals surface area contributed by atoms with Gasteiger partial charge in [-0.3, -0.25) is 10.1 Å². The number of carbonyl (C=O) groups is 1. The summed E-state index contributed by atoms with van der Waals surface area (Å²) in [6, 6.07) is 3.96. The van der Waals surface area contributed by atoms with E-state index in [9.17, 15) is 19.8 Å². The Labute approximate surface area is 114 Å². The van der Waals surface area contributed by atoms with E-state index in [2.05, 4.69) is 5.29 Å². The predicted molar refractivity (Wildman–Crippen MR) is 72.5 cm³/mol. The van der Waals surface area contributed by atoms with Crippen molar-refractivity contribution in [2.75, 3.05) is 12.1 Å². The van der Waals surface area contributed by atoms with Crippen molar-refractivity contribution in [3.63, 3.8) is 0 Å². The van der Waals surface area contributed by atoms with Crippen LogP contribution in [-0.4, -0.2) is 23.0 Å². The van der Waals surface area contributed by atoms with Crippen molar-refractivity contribution < 1.29 is 14.8 Å². The monoisotopic (exact) mass is 279 g/mol. The highest BCUT2D eigenvalue weighted by molar-refractivity contribution is 5.80. The van der Waals surface area contributed by atoms with E-state index >= 15 is 0 Å². The van der Waals surface area contributed by atoms with Crippen LogP contribution in [0.5, 0.6) is 0 Å². The zero-order valence-corrected chi connectivity index (χ0v) is 10.9. The van der Waals surface area contributed by atoms with Crippen molar-refractivity contribution in [1.29, 1.82) is 0 Å². The van der Waals surface area contributed by atoms with Gasteiger partial charge in [0.2, 0.25) is 0 Å². The first-order valence-electron chi connectivity index (χ1n) is 5.63. The Hall–Kier alpha value is -2.77. The number of anilines is 1. The third-order valence-electron chi connectivity index (χ3n) is 2.71. The van der Waals surface area contributed by atoms with Gasteiger partial charge < -0.3 is 5.11 Å². The van der Waals surface area contributed by atoms with Crippen LogP contribution in [0.25, 0.3) is 0 Å². The van der Waals surface area contributed by atoms with Crippen LogP contribution in [0.3, 0.4) is 0 Å². The highest BCUT2D eigenvalue weighted by Crippen LogP contribution is 2.31. The van der Waals surface area contributed by atoms with E-state index in [1.165, 1.54) is 31.3 Å². The average Bonchev–Trinajstić information content (AvgIpc) is 2.43. The number of aliphatic carboxylic acids is 1. The lowest BCUT2D eigenvalue weighted by molar-refractivity contribution is -0.384. The van der Waals surface area contributed by atoms with E-state index in [4.69, 9.17) is 5.11 Å². The second-order valence-corrected chi connectivity index (χ2v) is 4.09. The first kappa shape index (κ1) is 15.3. The molecule has 0 amide bonds. The fourth-order valence-corrected chi connectivity index (χ4v) is 1.69. The second-order valence-electron chi connectivity index (χ2n) is 4.09. The van der Waals surface area contributed by atoms with E-state index in [0.29, 0.717) is 11.3 Å². The molecule has 0 heterocycles. The second kappa shape index (κ2) is 6.41. The average molecular weight is 279 g/mol. The van der Waals surface area contributed by atoms with Crippen molar-refractivity contribution in [2.24, 2.45) is 5.29 Å². The molecule has 0 spiro atoms. The number of nitrogens with zero attached hydrogens (tertiary/aromatic N) is 3. The van der Waals surface area contributed by atoms with Crippen molar-refractivity contribution in [1.82, 2.24) is 0 Å². The summed E-state index contributed by atoms with van der Waals surface area (Å²) >= 11 is 0. The van der Waals surface area contributed by atoms with Gasteiger partial charge in [0.05, 0.1) is 15.9 Å². The van der Waals surface area contributed by atoms with Gasteiger partial charge in [-0.1, -0.05) is 13.0 Å². The number of rotatable bonds is 6. The van der Waals surface area contributed by atoms with Crippen LogP contribution < -0.4 is 5.01 Å². The smallest absolute Gasteiger partial charge is 0.327 e. The third kappa shape index (κ3) is 3.61. The molecule has 1 N–H and O–H groups in total. The molecule has 0 radical (unpaired) electrons. The predicted octanol–water partition coefficient (Wildman–Crippen LogP) is 2.46. The van der Waals surface area contributed by atoms with Crippen molar-refractivity contribution in [2.45, 2.75) is 12.8 Å². The molecular formula is C12H13N3O5. The van der Waals surface area contributed by atoms with Crippen LogP contribution in [0, 0.1) is 15.0 Å². The Balaban J connectivity index is 3.30. The van der Waals surface area contributed by atoms with Gasteiger partial charge in [0.15, 0.2) is 0 Å². The molecule has 8 nitrogen and oxygen atoms in total. The lowest BCUT2D eigenvalue weighted by Crippen LogP contribution is -2.11. The molecular weight excluding hydrogens is 266 g/mol. The summed E-state index contributed by atoms with van der Waals surface area (Å²) in [4.78, 5) is 31.3. The Morgan fingerprint density at radius 1 is 1.55 bits per heavy atom. The maximum Gasteiger partial charge on any atom is 0.327 e. The number of nitro groups is 1. The zero-order valence-electron chi connectivity index (χ0n) is 10.9. The molecule has 0 saturated carbocycles. The van der Waals surface area contributed by atoms with Crippen LogP contribution >= 0.6 is 0 Å². The van der Waals surface area contributed by atoms with Crippen LogP contribution in [0.15, 0.2) is 35.6 Å². The van der Waals surface area contributed by atoms with Crippen LogP contribution in [0.1, 0.15) is 18.4 Å². The largest absolute Gasteiger partial charge is 0.478 e. The fraction of sp³-hybridized carbons (Fsp3) is 0.250. The molecule has 8 heteroatoms. The quantitative estimate of drug-likeness (QED) is 0.370. The number of hydrogen-bond acceptors (Lipinski definition) is 5. The molecule has 0 saturated heterocycles. The summed E-state index contributed by atoms with van der Waals surface area (Å²) in [6.07, 6.45) is 2.32. The standard InChI is InChI=1S/C12H13N3O5/c1-8(3-6-12(16)17)10-7-9(15(19)20)4-5-11(10)14(2)13-18/h3-8H,1-2H3,(H,16,17)/b6-3+. The van der Waals surface area contributed by atoms with Gasteiger partial charge in [-0.25, -0.2) is 9.80 Å². The molecule has 0 aliphatic carbocycles. The van der Waals surface area contributed by atoms with Crippen molar-refractivity contribution >= 4 is 17.3 Å². The van der Waals surface area contributed by atoms with E-state index in [1.807, 2.05) is 0 Å². The Bertz CT molecular complexity index is 570. The van der Waals surface area contributed by atoms with E-state index in [-0.39, 0.29) is 5.69 Å². The van der Waals surface area contributed by atoms with Gasteiger partial charge in [0, 0.05) is 31.2 Å². The number of benzene rings is 1. The number of allylic oxidation sites excluding steroid dienone is 1. The van der Waals surface area contributed by atoms with Crippen LogP contribution in [0.4, 0.5) is 11.4 Å². The molecule has 1 unspecified atom stereocenters. The normalized spacial score (nSPS) is 12.1. The van der Waals surface area contributed by atoms with Crippen LogP contribution in [0.2, 0.25) is 0 Å². The number of carboxylic acid groups (broad SMARTS) is 1. The Morgan fingerprint density at radius 3 is 2.70 bits per heavy atom. The summed E-state index contributed by atoms with van der Waals surface area (Å²) < 4.78 is 0. The third-order valence-corrected chi connectivity index (χ3v) is 2.71. The number of nitro benzene ring substituents is 1. The SMILES string of the molecule is CC(/C=C/C(=O)O)c1cc([N+](=O)[O-])ccc1N(C)N=O. The van der Waals surface area contributed by atoms with Crippen molar-refractivity contribution in [3.05, 3.63) is 50.9 Å². The lowest BCUT2D eigenvalue weighted by Gasteiger charge is -2.17. The van der Waals surface area contributed by atoms with Crippen LogP contribution in [-0.2, 0) is 4.79 Å². The summed E-state index contributed by atoms with van der Waals surface area (Å²) in [7, 11) is 1.41. The first-order chi connectivity index (χ1) is 9.36. The summed E-state index contributed by atoms with van der Waals surface area (Å²) in [5, 5.41) is 23.2. The molecule has 0 aliphatic rings. The molecule has 0 aromatic heterocycles. The maximum absolute atomic E-state index is 10.8. The molecule has 0 fully saturated rings. The number of hydrogen-bond donors (Lipinski definition) is 1.